The highest BCUT2D eigenvalue weighted by Crippen LogP contribution is 2.25. The van der Waals surface area contributed by atoms with Crippen LogP contribution in [0.3, 0.4) is 0 Å². The average Bonchev–Trinajstić information content (AvgIpc) is 2.67. The van der Waals surface area contributed by atoms with E-state index in [4.69, 9.17) is 19.3 Å². The fourth-order valence-electron chi connectivity index (χ4n) is 1.93. The van der Waals surface area contributed by atoms with Crippen LogP contribution in [0.1, 0.15) is 20.3 Å². The van der Waals surface area contributed by atoms with Crippen LogP contribution in [-0.2, 0) is 20.2 Å². The molecule has 13 heteroatoms. The maximum Gasteiger partial charge on any atom is 0.391 e. The van der Waals surface area contributed by atoms with E-state index in [1.807, 2.05) is 0 Å². The summed E-state index contributed by atoms with van der Waals surface area (Å²) in [6, 6.07) is 14.8. The summed E-state index contributed by atoms with van der Waals surface area (Å²) in [6.07, 6.45) is -8.09. The van der Waals surface area contributed by atoms with E-state index in [9.17, 15) is 30.0 Å². The van der Waals surface area contributed by atoms with Crippen molar-refractivity contribution in [2.75, 3.05) is 0 Å². The Bertz CT molecular complexity index is 926. The zero-order chi connectivity index (χ0) is 25.2. The van der Waals surface area contributed by atoms with Crippen LogP contribution in [-0.4, -0.2) is 54.5 Å². The van der Waals surface area contributed by atoms with Crippen LogP contribution in [0.15, 0.2) is 70.5 Å². The molecule has 182 valence electrons. The summed E-state index contributed by atoms with van der Waals surface area (Å²) >= 11 is 0. The van der Waals surface area contributed by atoms with Crippen LogP contribution in [0.5, 0.6) is 0 Å². The van der Waals surface area contributed by atoms with Gasteiger partial charge in [0.1, 0.15) is 0 Å². The third-order valence-corrected chi connectivity index (χ3v) is 5.63. The van der Waals surface area contributed by atoms with Crippen LogP contribution < -0.4 is 0 Å². The number of aliphatic hydroxyl groups is 2. The van der Waals surface area contributed by atoms with Crippen LogP contribution in [0.2, 0.25) is 0 Å². The molecule has 0 aliphatic rings. The molecule has 2 aromatic rings. The maximum absolute atomic E-state index is 11.7. The van der Waals surface area contributed by atoms with Crippen molar-refractivity contribution in [3.8, 4) is 0 Å². The van der Waals surface area contributed by atoms with Gasteiger partial charge in [0.25, 0.3) is 20.2 Å². The first-order valence-corrected chi connectivity index (χ1v) is 11.8. The van der Waals surface area contributed by atoms with Crippen molar-refractivity contribution < 1.29 is 49.3 Å². The molecule has 0 aromatic heterocycles. The molecule has 4 N–H and O–H groups in total. The summed E-state index contributed by atoms with van der Waals surface area (Å²) in [6.45, 7) is 2.73. The zero-order valence-electron chi connectivity index (χ0n) is 17.1. The molecule has 2 aromatic carbocycles. The van der Waals surface area contributed by atoms with Crippen molar-refractivity contribution in [1.82, 2.24) is 0 Å². The molecular weight excluding hydrogens is 477 g/mol. The number of benzene rings is 2. The quantitative estimate of drug-likeness (QED) is 0.456. The Labute approximate surface area is 184 Å². The smallest absolute Gasteiger partial charge is 0.391 e. The van der Waals surface area contributed by atoms with E-state index in [2.05, 4.69) is 0 Å². The summed E-state index contributed by atoms with van der Waals surface area (Å²) in [5.41, 5.74) is 0. The van der Waals surface area contributed by atoms with E-state index in [-0.39, 0.29) is 9.79 Å². The predicted octanol–water partition coefficient (Wildman–Crippen LogP) is 3.18. The highest BCUT2D eigenvalue weighted by atomic mass is 32.2. The number of alkyl halides is 3. The lowest BCUT2D eigenvalue weighted by Gasteiger charge is -2.22. The fraction of sp³-hybridized carbons (Fsp3) is 0.368. The number of hydrogen-bond donors (Lipinski definition) is 4. The van der Waals surface area contributed by atoms with Gasteiger partial charge in [-0.25, -0.2) is 0 Å². The molecule has 0 fully saturated rings. The largest absolute Gasteiger partial charge is 0.393 e. The Morgan fingerprint density at radius 1 is 0.750 bits per heavy atom. The second kappa shape index (κ2) is 12.9. The molecule has 0 amide bonds. The number of rotatable bonds is 5. The summed E-state index contributed by atoms with van der Waals surface area (Å²) in [4.78, 5) is -0.148. The molecule has 3 atom stereocenters. The Hall–Kier alpha value is -2.03. The highest BCUT2D eigenvalue weighted by molar-refractivity contribution is 7.86. The molecule has 0 heterocycles. The number of aliphatic hydroxyl groups excluding tert-OH is 2. The lowest BCUT2D eigenvalue weighted by atomic mass is 9.97. The van der Waals surface area contributed by atoms with Gasteiger partial charge in [-0.15, -0.1) is 0 Å². The van der Waals surface area contributed by atoms with E-state index >= 15 is 0 Å². The fourth-order valence-corrected chi connectivity index (χ4v) is 2.93. The van der Waals surface area contributed by atoms with Crippen LogP contribution in [0.25, 0.3) is 0 Å². The Kier molecular flexibility index (Phi) is 12.1. The predicted molar refractivity (Wildman–Crippen MR) is 110 cm³/mol. The van der Waals surface area contributed by atoms with Gasteiger partial charge in [-0.05, 0) is 31.2 Å². The van der Waals surface area contributed by atoms with Gasteiger partial charge < -0.3 is 10.2 Å². The lowest BCUT2D eigenvalue weighted by molar-refractivity contribution is -0.162. The third-order valence-electron chi connectivity index (χ3n) is 3.89. The van der Waals surface area contributed by atoms with Crippen molar-refractivity contribution >= 4 is 20.2 Å². The monoisotopic (exact) mass is 502 g/mol. The van der Waals surface area contributed by atoms with Crippen molar-refractivity contribution in [3.63, 3.8) is 0 Å². The molecule has 32 heavy (non-hydrogen) atoms. The van der Waals surface area contributed by atoms with Crippen LogP contribution >= 0.6 is 0 Å². The summed E-state index contributed by atoms with van der Waals surface area (Å²) < 4.78 is 93.5. The second-order valence-electron chi connectivity index (χ2n) is 6.56. The summed E-state index contributed by atoms with van der Waals surface area (Å²) in [7, 11) is -8.01. The lowest BCUT2D eigenvalue weighted by Crippen LogP contribution is -2.31. The third kappa shape index (κ3) is 13.4. The highest BCUT2D eigenvalue weighted by Gasteiger charge is 2.34. The maximum atomic E-state index is 11.7. The van der Waals surface area contributed by atoms with Crippen molar-refractivity contribution in [1.29, 1.82) is 0 Å². The van der Waals surface area contributed by atoms with Gasteiger partial charge >= 0.3 is 6.18 Å². The first-order chi connectivity index (χ1) is 14.4. The number of halogens is 3. The summed E-state index contributed by atoms with van der Waals surface area (Å²) in [5, 5.41) is 17.8. The van der Waals surface area contributed by atoms with Crippen LogP contribution in [0, 0.1) is 5.92 Å². The molecule has 3 unspecified atom stereocenters. The molecule has 0 spiro atoms. The van der Waals surface area contributed by atoms with E-state index in [1.54, 1.807) is 36.4 Å². The minimum absolute atomic E-state index is 0.0741. The van der Waals surface area contributed by atoms with Gasteiger partial charge in [0.05, 0.1) is 28.4 Å². The molecule has 0 saturated heterocycles. The molecule has 0 aliphatic heterocycles. The molecular formula is C19H25F3O8S2. The van der Waals surface area contributed by atoms with Gasteiger partial charge in [0.2, 0.25) is 0 Å². The second-order valence-corrected chi connectivity index (χ2v) is 9.41. The number of hydrogen-bond acceptors (Lipinski definition) is 6. The molecule has 0 radical (unpaired) electrons. The average molecular weight is 503 g/mol. The van der Waals surface area contributed by atoms with Gasteiger partial charge in [-0.1, -0.05) is 43.3 Å². The Balaban J connectivity index is 0.000000452. The van der Waals surface area contributed by atoms with Gasteiger partial charge in [0, 0.05) is 5.92 Å². The van der Waals surface area contributed by atoms with Crippen molar-refractivity contribution in [2.45, 2.75) is 48.4 Å². The normalized spacial score (nSPS) is 14.7. The molecule has 2 rings (SSSR count). The topological polar surface area (TPSA) is 149 Å². The van der Waals surface area contributed by atoms with Crippen molar-refractivity contribution in [2.24, 2.45) is 5.92 Å². The molecule has 0 bridgehead atoms. The van der Waals surface area contributed by atoms with E-state index in [0.29, 0.717) is 0 Å². The first-order valence-electron chi connectivity index (χ1n) is 8.93. The molecule has 0 aliphatic carbocycles. The Morgan fingerprint density at radius 3 is 1.25 bits per heavy atom. The van der Waals surface area contributed by atoms with Crippen LogP contribution in [0.4, 0.5) is 13.2 Å². The van der Waals surface area contributed by atoms with E-state index < -0.39 is 51.0 Å². The van der Waals surface area contributed by atoms with Gasteiger partial charge in [-0.2, -0.15) is 30.0 Å². The van der Waals surface area contributed by atoms with Gasteiger partial charge in [-0.3, -0.25) is 9.11 Å². The van der Waals surface area contributed by atoms with Crippen molar-refractivity contribution in [3.05, 3.63) is 60.7 Å². The first kappa shape index (κ1) is 30.0. The summed E-state index contributed by atoms with van der Waals surface area (Å²) in [5.74, 6) is -0.758. The SMILES string of the molecule is CC(O)C(C)C(O)CC(F)(F)F.O=S(=O)(O)c1ccccc1.O=S(=O)(O)c1ccccc1. The van der Waals surface area contributed by atoms with E-state index in [0.717, 1.165) is 0 Å². The molecule has 0 saturated carbocycles. The molecule has 8 nitrogen and oxygen atoms in total. The Morgan fingerprint density at radius 2 is 1.06 bits per heavy atom. The van der Waals surface area contributed by atoms with Gasteiger partial charge in [0.15, 0.2) is 0 Å². The van der Waals surface area contributed by atoms with E-state index in [1.165, 1.54) is 38.1 Å². The standard InChI is InChI=1S/C7H13F3O2.2C6H6O3S/c1-4(5(2)11)6(12)3-7(8,9)10;2*7-10(8,9)6-4-2-1-3-5-6/h4-6,11-12H,3H2,1-2H3;2*1-5H,(H,7,8,9). The zero-order valence-corrected chi connectivity index (χ0v) is 18.7. The minimum atomic E-state index is -4.37. The minimum Gasteiger partial charge on any atom is -0.393 e.